The number of primary amides is 1. The number of hydrogen-bond acceptors (Lipinski definition) is 4. The normalized spacial score (nSPS) is 9.07. The van der Waals surface area contributed by atoms with Crippen LogP contribution in [-0.2, 0) is 0 Å². The molecule has 1 aromatic carbocycles. The number of carbonyl (C=O) groups is 2. The molecular formula is C10H8N2O3. The molecule has 0 aliphatic carbocycles. The summed E-state index contributed by atoms with van der Waals surface area (Å²) < 4.78 is 4.89. The highest BCUT2D eigenvalue weighted by Crippen LogP contribution is 2.25. The summed E-state index contributed by atoms with van der Waals surface area (Å²) in [5.41, 5.74) is 5.31. The molecular weight excluding hydrogens is 196 g/mol. The Balaban J connectivity index is 3.60. The molecule has 2 N–H and O–H groups in total. The van der Waals surface area contributed by atoms with Crippen molar-refractivity contribution in [2.75, 3.05) is 7.11 Å². The summed E-state index contributed by atoms with van der Waals surface area (Å²) in [4.78, 5) is 21.7. The summed E-state index contributed by atoms with van der Waals surface area (Å²) >= 11 is 0. The number of rotatable bonds is 3. The predicted octanol–water partition coefficient (Wildman–Crippen LogP) is 0.478. The minimum Gasteiger partial charge on any atom is -0.495 e. The van der Waals surface area contributed by atoms with E-state index >= 15 is 0 Å². The molecule has 0 aliphatic heterocycles. The highest BCUT2D eigenvalue weighted by molar-refractivity contribution is 6.01. The van der Waals surface area contributed by atoms with Gasteiger partial charge in [0, 0.05) is 0 Å². The van der Waals surface area contributed by atoms with Crippen molar-refractivity contribution >= 4 is 12.2 Å². The van der Waals surface area contributed by atoms with Crippen LogP contribution in [0.1, 0.15) is 26.3 Å². The SMILES string of the molecule is COc1c(C=O)ccc(C#N)c1C(N)=O. The second-order valence-corrected chi connectivity index (χ2v) is 2.70. The van der Waals surface area contributed by atoms with Crippen LogP contribution in [0.15, 0.2) is 12.1 Å². The molecule has 0 aromatic heterocycles. The van der Waals surface area contributed by atoms with Crippen molar-refractivity contribution in [2.45, 2.75) is 0 Å². The van der Waals surface area contributed by atoms with Gasteiger partial charge in [0.05, 0.1) is 23.8 Å². The maximum atomic E-state index is 11.1. The first kappa shape index (κ1) is 10.7. The minimum atomic E-state index is -0.799. The number of aldehydes is 1. The molecule has 0 unspecified atom stereocenters. The summed E-state index contributed by atoms with van der Waals surface area (Å²) in [6, 6.07) is 4.56. The van der Waals surface area contributed by atoms with Gasteiger partial charge in [0.15, 0.2) is 6.29 Å². The van der Waals surface area contributed by atoms with Crippen LogP contribution in [0.3, 0.4) is 0 Å². The number of methoxy groups -OCH3 is 1. The Bertz CT molecular complexity index is 460. The van der Waals surface area contributed by atoms with Gasteiger partial charge in [-0.1, -0.05) is 0 Å². The van der Waals surface area contributed by atoms with Gasteiger partial charge in [0.2, 0.25) is 0 Å². The number of nitrogens with two attached hydrogens (primary N) is 1. The van der Waals surface area contributed by atoms with E-state index in [0.717, 1.165) is 0 Å². The van der Waals surface area contributed by atoms with Crippen LogP contribution in [0.2, 0.25) is 0 Å². The average molecular weight is 204 g/mol. The van der Waals surface area contributed by atoms with Crippen LogP contribution in [-0.4, -0.2) is 19.3 Å². The lowest BCUT2D eigenvalue weighted by atomic mass is 10.0. The molecule has 5 nitrogen and oxygen atoms in total. The van der Waals surface area contributed by atoms with Crippen molar-refractivity contribution in [2.24, 2.45) is 5.73 Å². The summed E-state index contributed by atoms with van der Waals surface area (Å²) in [6.45, 7) is 0. The van der Waals surface area contributed by atoms with Crippen LogP contribution >= 0.6 is 0 Å². The molecule has 0 aliphatic rings. The van der Waals surface area contributed by atoms with Crippen LogP contribution < -0.4 is 10.5 Å². The van der Waals surface area contributed by atoms with Gasteiger partial charge in [-0.3, -0.25) is 9.59 Å². The third-order valence-electron chi connectivity index (χ3n) is 1.89. The number of hydrogen-bond donors (Lipinski definition) is 1. The van der Waals surface area contributed by atoms with Crippen LogP contribution in [0, 0.1) is 11.3 Å². The van der Waals surface area contributed by atoms with Gasteiger partial charge in [0.25, 0.3) is 5.91 Å². The molecule has 0 atom stereocenters. The Morgan fingerprint density at radius 1 is 1.60 bits per heavy atom. The Kier molecular flexibility index (Phi) is 3.03. The van der Waals surface area contributed by atoms with E-state index in [-0.39, 0.29) is 22.4 Å². The zero-order valence-electron chi connectivity index (χ0n) is 7.98. The van der Waals surface area contributed by atoms with Crippen molar-refractivity contribution in [1.82, 2.24) is 0 Å². The highest BCUT2D eigenvalue weighted by atomic mass is 16.5. The molecule has 0 saturated carbocycles. The fourth-order valence-electron chi connectivity index (χ4n) is 1.25. The summed E-state index contributed by atoms with van der Waals surface area (Å²) in [5.74, 6) is -0.761. The number of carbonyl (C=O) groups excluding carboxylic acids is 2. The van der Waals surface area contributed by atoms with Gasteiger partial charge in [-0.05, 0) is 12.1 Å². The predicted molar refractivity (Wildman–Crippen MR) is 51.6 cm³/mol. The van der Waals surface area contributed by atoms with Crippen LogP contribution in [0.4, 0.5) is 0 Å². The van der Waals surface area contributed by atoms with Gasteiger partial charge in [-0.25, -0.2) is 0 Å². The summed E-state index contributed by atoms with van der Waals surface area (Å²) in [7, 11) is 1.30. The van der Waals surface area contributed by atoms with Crippen molar-refractivity contribution in [1.29, 1.82) is 5.26 Å². The molecule has 76 valence electrons. The van der Waals surface area contributed by atoms with E-state index < -0.39 is 5.91 Å². The first-order valence-electron chi connectivity index (χ1n) is 4.01. The van der Waals surface area contributed by atoms with Crippen molar-refractivity contribution < 1.29 is 14.3 Å². The number of nitriles is 1. The van der Waals surface area contributed by atoms with Crippen molar-refractivity contribution in [3.63, 3.8) is 0 Å². The second-order valence-electron chi connectivity index (χ2n) is 2.70. The van der Waals surface area contributed by atoms with Gasteiger partial charge < -0.3 is 10.5 Å². The Hall–Kier alpha value is -2.35. The molecule has 1 aromatic rings. The molecule has 5 heteroatoms. The van der Waals surface area contributed by atoms with Gasteiger partial charge in [0.1, 0.15) is 11.8 Å². The first-order chi connectivity index (χ1) is 7.15. The van der Waals surface area contributed by atoms with E-state index in [1.165, 1.54) is 19.2 Å². The zero-order chi connectivity index (χ0) is 11.4. The minimum absolute atomic E-state index is 0.0385. The largest absolute Gasteiger partial charge is 0.495 e. The average Bonchev–Trinajstić information content (AvgIpc) is 2.26. The standard InChI is InChI=1S/C10H8N2O3/c1-15-9-7(5-13)3-2-6(4-11)8(9)10(12)14/h2-3,5H,1H3,(H2,12,14). The fraction of sp³-hybridized carbons (Fsp3) is 0.100. The zero-order valence-corrected chi connectivity index (χ0v) is 7.98. The third-order valence-corrected chi connectivity index (χ3v) is 1.89. The van der Waals surface area contributed by atoms with E-state index in [0.29, 0.717) is 6.29 Å². The lowest BCUT2D eigenvalue weighted by molar-refractivity contribution is 0.0997. The fourth-order valence-corrected chi connectivity index (χ4v) is 1.25. The molecule has 0 fully saturated rings. The smallest absolute Gasteiger partial charge is 0.253 e. The Morgan fingerprint density at radius 2 is 2.27 bits per heavy atom. The second kappa shape index (κ2) is 4.24. The molecule has 1 amide bonds. The molecule has 0 heterocycles. The molecule has 0 saturated heterocycles. The molecule has 0 spiro atoms. The van der Waals surface area contributed by atoms with E-state index in [1.807, 2.05) is 0 Å². The van der Waals surface area contributed by atoms with E-state index in [2.05, 4.69) is 0 Å². The van der Waals surface area contributed by atoms with E-state index in [1.54, 1.807) is 6.07 Å². The molecule has 15 heavy (non-hydrogen) atoms. The Labute approximate surface area is 86.1 Å². The maximum Gasteiger partial charge on any atom is 0.253 e. The highest BCUT2D eigenvalue weighted by Gasteiger charge is 2.18. The lowest BCUT2D eigenvalue weighted by Gasteiger charge is -2.08. The monoisotopic (exact) mass is 204 g/mol. The number of benzene rings is 1. The molecule has 0 bridgehead atoms. The number of amides is 1. The number of nitrogens with zero attached hydrogens (tertiary/aromatic N) is 1. The molecule has 1 rings (SSSR count). The van der Waals surface area contributed by atoms with E-state index in [4.69, 9.17) is 15.7 Å². The topological polar surface area (TPSA) is 93.2 Å². The van der Waals surface area contributed by atoms with Crippen molar-refractivity contribution in [3.8, 4) is 11.8 Å². The third kappa shape index (κ3) is 1.79. The quantitative estimate of drug-likeness (QED) is 0.724. The summed E-state index contributed by atoms with van der Waals surface area (Å²) in [6.07, 6.45) is 0.534. The summed E-state index contributed by atoms with van der Waals surface area (Å²) in [5, 5.41) is 8.75. The lowest BCUT2D eigenvalue weighted by Crippen LogP contribution is -2.15. The Morgan fingerprint density at radius 3 is 2.67 bits per heavy atom. The van der Waals surface area contributed by atoms with Gasteiger partial charge in [-0.15, -0.1) is 0 Å². The van der Waals surface area contributed by atoms with Crippen LogP contribution in [0.25, 0.3) is 0 Å². The van der Waals surface area contributed by atoms with Gasteiger partial charge in [-0.2, -0.15) is 5.26 Å². The van der Waals surface area contributed by atoms with E-state index in [9.17, 15) is 9.59 Å². The van der Waals surface area contributed by atoms with Crippen molar-refractivity contribution in [3.05, 3.63) is 28.8 Å². The van der Waals surface area contributed by atoms with Crippen LogP contribution in [0.5, 0.6) is 5.75 Å². The maximum absolute atomic E-state index is 11.1. The number of ether oxygens (including phenoxy) is 1. The molecule has 0 radical (unpaired) electrons. The van der Waals surface area contributed by atoms with Gasteiger partial charge >= 0.3 is 0 Å². The first-order valence-corrected chi connectivity index (χ1v) is 4.01.